The van der Waals surface area contributed by atoms with Gasteiger partial charge in [-0.2, -0.15) is 5.10 Å². The van der Waals surface area contributed by atoms with Crippen LogP contribution in [0.15, 0.2) is 6.33 Å². The lowest BCUT2D eigenvalue weighted by atomic mass is 10.0. The fourth-order valence-electron chi connectivity index (χ4n) is 2.20. The summed E-state index contributed by atoms with van der Waals surface area (Å²) in [4.78, 5) is 9.24. The molecule has 0 bridgehead atoms. The Kier molecular flexibility index (Phi) is 3.37. The van der Waals surface area contributed by atoms with Gasteiger partial charge in [-0.15, -0.1) is 0 Å². The quantitative estimate of drug-likeness (QED) is 0.832. The summed E-state index contributed by atoms with van der Waals surface area (Å²) in [5.74, 6) is 2.15. The highest BCUT2D eigenvalue weighted by Crippen LogP contribution is 2.28. The van der Waals surface area contributed by atoms with Crippen LogP contribution in [0.25, 0.3) is 5.52 Å². The zero-order chi connectivity index (χ0) is 13.4. The van der Waals surface area contributed by atoms with E-state index in [9.17, 15) is 0 Å². The predicted molar refractivity (Wildman–Crippen MR) is 73.0 cm³/mol. The van der Waals surface area contributed by atoms with Crippen molar-refractivity contribution >= 4 is 5.52 Å². The van der Waals surface area contributed by atoms with E-state index in [0.29, 0.717) is 17.8 Å². The molecule has 0 unspecified atom stereocenters. The Hall–Kier alpha value is -1.45. The van der Waals surface area contributed by atoms with Crippen LogP contribution in [0.4, 0.5) is 0 Å². The van der Waals surface area contributed by atoms with Crippen LogP contribution in [-0.4, -0.2) is 19.6 Å². The third-order valence-electron chi connectivity index (χ3n) is 3.12. The molecule has 18 heavy (non-hydrogen) atoms. The lowest BCUT2D eigenvalue weighted by Gasteiger charge is -2.09. The third kappa shape index (κ3) is 2.00. The summed E-state index contributed by atoms with van der Waals surface area (Å²) in [6.07, 6.45) is 1.64. The molecule has 0 aliphatic carbocycles. The van der Waals surface area contributed by atoms with Crippen LogP contribution >= 0.6 is 0 Å². The van der Waals surface area contributed by atoms with Gasteiger partial charge in [0.05, 0.1) is 11.4 Å². The first kappa shape index (κ1) is 13.0. The summed E-state index contributed by atoms with van der Waals surface area (Å²) < 4.78 is 1.97. The van der Waals surface area contributed by atoms with E-state index in [1.54, 1.807) is 6.33 Å². The zero-order valence-electron chi connectivity index (χ0n) is 12.1. The third-order valence-corrected chi connectivity index (χ3v) is 3.12. The van der Waals surface area contributed by atoms with E-state index in [1.807, 2.05) is 4.52 Å². The van der Waals surface area contributed by atoms with Gasteiger partial charge in [-0.3, -0.25) is 0 Å². The smallest absolute Gasteiger partial charge is 0.136 e. The SMILES string of the molecule is CC(C)c1ncnn2c(C(C)C)nc(C(C)C)c12. The number of aromatic nitrogens is 4. The van der Waals surface area contributed by atoms with Gasteiger partial charge in [0.1, 0.15) is 17.7 Å². The Balaban J connectivity index is 2.83. The van der Waals surface area contributed by atoms with Gasteiger partial charge < -0.3 is 0 Å². The predicted octanol–water partition coefficient (Wildman–Crippen LogP) is 3.49. The van der Waals surface area contributed by atoms with Crippen molar-refractivity contribution < 1.29 is 0 Å². The van der Waals surface area contributed by atoms with Crippen molar-refractivity contribution in [2.75, 3.05) is 0 Å². The summed E-state index contributed by atoms with van der Waals surface area (Å²) >= 11 is 0. The van der Waals surface area contributed by atoms with Gasteiger partial charge in [-0.05, 0) is 11.8 Å². The molecule has 0 fully saturated rings. The molecule has 0 aliphatic rings. The van der Waals surface area contributed by atoms with Crippen LogP contribution in [0.2, 0.25) is 0 Å². The summed E-state index contributed by atoms with van der Waals surface area (Å²) in [7, 11) is 0. The second-order valence-electron chi connectivity index (χ2n) is 5.73. The minimum atomic E-state index is 0.361. The Bertz CT molecular complexity index is 552. The molecule has 2 heterocycles. The standard InChI is InChI=1S/C14H22N4/c1-8(2)11-13-12(9(3)4)17-14(10(5)6)18(13)16-7-15-11/h7-10H,1-6H3. The van der Waals surface area contributed by atoms with E-state index in [1.165, 1.54) is 0 Å². The van der Waals surface area contributed by atoms with Crippen molar-refractivity contribution in [3.05, 3.63) is 23.5 Å². The van der Waals surface area contributed by atoms with Gasteiger partial charge in [-0.1, -0.05) is 41.5 Å². The minimum absolute atomic E-state index is 0.361. The average Bonchev–Trinajstić information content (AvgIpc) is 2.67. The molecular weight excluding hydrogens is 224 g/mol. The maximum absolute atomic E-state index is 4.79. The van der Waals surface area contributed by atoms with Crippen LogP contribution in [0.1, 0.15) is 76.5 Å². The number of fused-ring (bicyclic) bond motifs is 1. The summed E-state index contributed by atoms with van der Waals surface area (Å²) in [6.45, 7) is 13.0. The lowest BCUT2D eigenvalue weighted by Crippen LogP contribution is -2.05. The van der Waals surface area contributed by atoms with Crippen molar-refractivity contribution in [3.63, 3.8) is 0 Å². The van der Waals surface area contributed by atoms with Crippen molar-refractivity contribution in [1.29, 1.82) is 0 Å². The van der Waals surface area contributed by atoms with Crippen molar-refractivity contribution in [2.45, 2.75) is 59.3 Å². The monoisotopic (exact) mass is 246 g/mol. The molecule has 4 heteroatoms. The number of imidazole rings is 1. The highest BCUT2D eigenvalue weighted by atomic mass is 15.3. The highest BCUT2D eigenvalue weighted by Gasteiger charge is 2.21. The summed E-state index contributed by atoms with van der Waals surface area (Å²) in [5, 5.41) is 4.39. The van der Waals surface area contributed by atoms with Crippen LogP contribution < -0.4 is 0 Å². The first-order valence-corrected chi connectivity index (χ1v) is 6.66. The fourth-order valence-corrected chi connectivity index (χ4v) is 2.20. The summed E-state index contributed by atoms with van der Waals surface area (Å²) in [6, 6.07) is 0. The first-order valence-electron chi connectivity index (χ1n) is 6.66. The number of hydrogen-bond donors (Lipinski definition) is 0. The Morgan fingerprint density at radius 2 is 1.50 bits per heavy atom. The highest BCUT2D eigenvalue weighted by molar-refractivity contribution is 5.59. The van der Waals surface area contributed by atoms with Gasteiger partial charge in [0, 0.05) is 5.92 Å². The largest absolute Gasteiger partial charge is 0.237 e. The van der Waals surface area contributed by atoms with Gasteiger partial charge in [0.25, 0.3) is 0 Å². The normalized spacial score (nSPS) is 12.3. The van der Waals surface area contributed by atoms with Crippen molar-refractivity contribution in [1.82, 2.24) is 19.6 Å². The number of nitrogens with zero attached hydrogens (tertiary/aromatic N) is 4. The number of hydrogen-bond acceptors (Lipinski definition) is 3. The first-order chi connectivity index (χ1) is 8.43. The van der Waals surface area contributed by atoms with Gasteiger partial charge >= 0.3 is 0 Å². The average molecular weight is 246 g/mol. The molecule has 0 radical (unpaired) electrons. The van der Waals surface area contributed by atoms with Crippen molar-refractivity contribution in [3.8, 4) is 0 Å². The van der Waals surface area contributed by atoms with Crippen LogP contribution in [0.3, 0.4) is 0 Å². The molecule has 0 aliphatic heterocycles. The van der Waals surface area contributed by atoms with E-state index in [2.05, 4.69) is 51.6 Å². The second-order valence-corrected chi connectivity index (χ2v) is 5.73. The molecule has 2 rings (SSSR count). The molecule has 0 saturated carbocycles. The topological polar surface area (TPSA) is 43.1 Å². The Morgan fingerprint density at radius 1 is 0.889 bits per heavy atom. The van der Waals surface area contributed by atoms with Gasteiger partial charge in [0.2, 0.25) is 0 Å². The van der Waals surface area contributed by atoms with Crippen LogP contribution in [0.5, 0.6) is 0 Å². The maximum atomic E-state index is 4.79. The molecule has 2 aromatic rings. The van der Waals surface area contributed by atoms with E-state index in [4.69, 9.17) is 4.98 Å². The molecular formula is C14H22N4. The fraction of sp³-hybridized carbons (Fsp3) is 0.643. The van der Waals surface area contributed by atoms with Gasteiger partial charge in [-0.25, -0.2) is 14.5 Å². The van der Waals surface area contributed by atoms with E-state index in [0.717, 1.165) is 22.7 Å². The van der Waals surface area contributed by atoms with Crippen molar-refractivity contribution in [2.24, 2.45) is 0 Å². The molecule has 4 nitrogen and oxygen atoms in total. The molecule has 0 aromatic carbocycles. The molecule has 0 saturated heterocycles. The molecule has 0 atom stereocenters. The molecule has 0 spiro atoms. The van der Waals surface area contributed by atoms with E-state index < -0.39 is 0 Å². The van der Waals surface area contributed by atoms with Crippen LogP contribution in [0, 0.1) is 0 Å². The molecule has 0 N–H and O–H groups in total. The van der Waals surface area contributed by atoms with Crippen LogP contribution in [-0.2, 0) is 0 Å². The van der Waals surface area contributed by atoms with E-state index >= 15 is 0 Å². The molecule has 0 amide bonds. The maximum Gasteiger partial charge on any atom is 0.136 e. The lowest BCUT2D eigenvalue weighted by molar-refractivity contribution is 0.705. The minimum Gasteiger partial charge on any atom is -0.237 e. The van der Waals surface area contributed by atoms with Gasteiger partial charge in [0.15, 0.2) is 0 Å². The second kappa shape index (κ2) is 4.67. The Labute approximate surface area is 108 Å². The molecule has 2 aromatic heterocycles. The summed E-state index contributed by atoms with van der Waals surface area (Å²) in [5.41, 5.74) is 3.31. The molecule has 98 valence electrons. The number of rotatable bonds is 3. The Morgan fingerprint density at radius 3 is 2.00 bits per heavy atom. The zero-order valence-corrected chi connectivity index (χ0v) is 12.1. The van der Waals surface area contributed by atoms with E-state index in [-0.39, 0.29) is 0 Å².